The van der Waals surface area contributed by atoms with E-state index in [4.69, 9.17) is 0 Å². The number of urea groups is 1. The van der Waals surface area contributed by atoms with Gasteiger partial charge in [-0.15, -0.1) is 0 Å². The molecule has 0 radical (unpaired) electrons. The number of anilines is 1. The first kappa shape index (κ1) is 15.8. The van der Waals surface area contributed by atoms with Gasteiger partial charge in [0.25, 0.3) is 0 Å². The monoisotopic (exact) mass is 294 g/mol. The number of likely N-dealkylation sites (tertiary alicyclic amines) is 1. The van der Waals surface area contributed by atoms with Gasteiger partial charge in [-0.05, 0) is 32.6 Å². The summed E-state index contributed by atoms with van der Waals surface area (Å²) in [5.74, 6) is 0.506. The Hall–Kier alpha value is -1.56. The van der Waals surface area contributed by atoms with Crippen LogP contribution in [0.4, 0.5) is 10.5 Å². The molecular formula is C15H26N4O2. The lowest BCUT2D eigenvalue weighted by atomic mass is 9.97. The second-order valence-corrected chi connectivity index (χ2v) is 6.78. The summed E-state index contributed by atoms with van der Waals surface area (Å²) in [7, 11) is 0. The molecule has 1 unspecified atom stereocenters. The van der Waals surface area contributed by atoms with Crippen LogP contribution in [-0.4, -0.2) is 44.0 Å². The molecule has 2 rings (SSSR count). The molecule has 1 aromatic rings. The van der Waals surface area contributed by atoms with Crippen LogP contribution in [0, 0.1) is 5.92 Å². The number of aliphatic hydroxyl groups is 1. The minimum absolute atomic E-state index is 0.136. The maximum atomic E-state index is 12.4. The third-order valence-corrected chi connectivity index (χ3v) is 3.77. The molecule has 0 spiro atoms. The van der Waals surface area contributed by atoms with Gasteiger partial charge >= 0.3 is 6.03 Å². The van der Waals surface area contributed by atoms with Gasteiger partial charge in [0.15, 0.2) is 0 Å². The largest absolute Gasteiger partial charge is 0.388 e. The third-order valence-electron chi connectivity index (χ3n) is 3.77. The van der Waals surface area contributed by atoms with Crippen LogP contribution >= 0.6 is 0 Å². The Bertz CT molecular complexity index is 490. The highest BCUT2D eigenvalue weighted by Gasteiger charge is 2.38. The quantitative estimate of drug-likeness (QED) is 0.895. The molecule has 0 saturated carbocycles. The van der Waals surface area contributed by atoms with Crippen LogP contribution in [0.3, 0.4) is 0 Å². The molecule has 1 saturated heterocycles. The zero-order chi connectivity index (χ0) is 15.6. The summed E-state index contributed by atoms with van der Waals surface area (Å²) in [6.07, 6.45) is 5.26. The molecule has 2 amide bonds. The van der Waals surface area contributed by atoms with E-state index in [2.05, 4.69) is 24.3 Å². The van der Waals surface area contributed by atoms with Crippen molar-refractivity contribution in [2.24, 2.45) is 5.92 Å². The van der Waals surface area contributed by atoms with E-state index >= 15 is 0 Å². The average Bonchev–Trinajstić information content (AvgIpc) is 2.96. The summed E-state index contributed by atoms with van der Waals surface area (Å²) < 4.78 is 1.83. The van der Waals surface area contributed by atoms with Gasteiger partial charge in [-0.2, -0.15) is 5.10 Å². The Morgan fingerprint density at radius 2 is 2.29 bits per heavy atom. The highest BCUT2D eigenvalue weighted by Crippen LogP contribution is 2.27. The number of hydrogen-bond acceptors (Lipinski definition) is 3. The number of nitrogens with one attached hydrogen (secondary N) is 1. The normalized spacial score (nSPS) is 19.3. The Labute approximate surface area is 126 Å². The maximum Gasteiger partial charge on any atom is 0.322 e. The van der Waals surface area contributed by atoms with E-state index in [0.29, 0.717) is 18.2 Å². The van der Waals surface area contributed by atoms with Crippen LogP contribution < -0.4 is 5.32 Å². The number of aromatic nitrogens is 2. The Morgan fingerprint density at radius 3 is 2.90 bits per heavy atom. The highest BCUT2D eigenvalue weighted by molar-refractivity contribution is 5.89. The predicted molar refractivity (Wildman–Crippen MR) is 82.1 cm³/mol. The van der Waals surface area contributed by atoms with Gasteiger partial charge in [0.2, 0.25) is 0 Å². The highest BCUT2D eigenvalue weighted by atomic mass is 16.3. The van der Waals surface area contributed by atoms with E-state index < -0.39 is 5.60 Å². The molecule has 118 valence electrons. The van der Waals surface area contributed by atoms with Crippen molar-refractivity contribution in [3.05, 3.63) is 12.4 Å². The van der Waals surface area contributed by atoms with Gasteiger partial charge in [0.05, 0.1) is 23.5 Å². The summed E-state index contributed by atoms with van der Waals surface area (Å²) >= 11 is 0. The molecule has 2 heterocycles. The summed E-state index contributed by atoms with van der Waals surface area (Å²) in [5, 5.41) is 17.3. The second-order valence-electron chi connectivity index (χ2n) is 6.78. The van der Waals surface area contributed by atoms with Crippen molar-refractivity contribution in [2.45, 2.75) is 58.7 Å². The molecule has 1 aliphatic rings. The molecule has 6 heteroatoms. The van der Waals surface area contributed by atoms with E-state index in [1.165, 1.54) is 0 Å². The number of rotatable bonds is 4. The molecule has 0 aromatic carbocycles. The van der Waals surface area contributed by atoms with Gasteiger partial charge < -0.3 is 15.3 Å². The van der Waals surface area contributed by atoms with Crippen molar-refractivity contribution >= 4 is 11.7 Å². The first-order valence-corrected chi connectivity index (χ1v) is 7.60. The topological polar surface area (TPSA) is 70.4 Å². The van der Waals surface area contributed by atoms with Crippen molar-refractivity contribution in [3.63, 3.8) is 0 Å². The molecule has 21 heavy (non-hydrogen) atoms. The SMILES string of the molecule is CC(C)Cn1cc(NC(=O)N2CCCC2C(C)(C)O)cn1. The van der Waals surface area contributed by atoms with Crippen LogP contribution in [0.1, 0.15) is 40.5 Å². The lowest BCUT2D eigenvalue weighted by molar-refractivity contribution is 0.0117. The number of hydrogen-bond donors (Lipinski definition) is 2. The van der Waals surface area contributed by atoms with E-state index in [0.717, 1.165) is 19.4 Å². The fourth-order valence-corrected chi connectivity index (χ4v) is 2.84. The first-order valence-electron chi connectivity index (χ1n) is 7.60. The van der Waals surface area contributed by atoms with E-state index in [1.54, 1.807) is 24.9 Å². The standard InChI is InChI=1S/C15H26N4O2/c1-11(2)9-18-10-12(8-16-18)17-14(20)19-7-5-6-13(19)15(3,4)21/h8,10-11,13,21H,5-7,9H2,1-4H3,(H,17,20). The van der Waals surface area contributed by atoms with Gasteiger partial charge in [-0.3, -0.25) is 4.68 Å². The summed E-state index contributed by atoms with van der Waals surface area (Å²) in [6.45, 7) is 9.26. The predicted octanol–water partition coefficient (Wildman–Crippen LogP) is 2.31. The number of amides is 2. The molecule has 1 fully saturated rings. The molecule has 1 aliphatic heterocycles. The Morgan fingerprint density at radius 1 is 1.57 bits per heavy atom. The average molecular weight is 294 g/mol. The van der Waals surface area contributed by atoms with E-state index in [-0.39, 0.29) is 12.1 Å². The number of carbonyl (C=O) groups is 1. The molecule has 0 bridgehead atoms. The van der Waals surface area contributed by atoms with Gasteiger partial charge in [0.1, 0.15) is 0 Å². The minimum Gasteiger partial charge on any atom is -0.388 e. The molecule has 1 atom stereocenters. The fraction of sp³-hybridized carbons (Fsp3) is 0.733. The van der Waals surface area contributed by atoms with E-state index in [1.807, 2.05) is 10.9 Å². The summed E-state index contributed by atoms with van der Waals surface area (Å²) in [5.41, 5.74) is -0.183. The van der Waals surface area contributed by atoms with Gasteiger partial charge in [-0.1, -0.05) is 13.8 Å². The lowest BCUT2D eigenvalue weighted by Crippen LogP contribution is -2.49. The first-order chi connectivity index (χ1) is 9.77. The lowest BCUT2D eigenvalue weighted by Gasteiger charge is -2.33. The van der Waals surface area contributed by atoms with Gasteiger partial charge in [-0.25, -0.2) is 4.79 Å². The molecule has 1 aromatic heterocycles. The molecule has 0 aliphatic carbocycles. The number of carbonyl (C=O) groups excluding carboxylic acids is 1. The zero-order valence-corrected chi connectivity index (χ0v) is 13.3. The number of nitrogens with zero attached hydrogens (tertiary/aromatic N) is 3. The van der Waals surface area contributed by atoms with E-state index in [9.17, 15) is 9.90 Å². The van der Waals surface area contributed by atoms with Crippen LogP contribution in [0.5, 0.6) is 0 Å². The fourth-order valence-electron chi connectivity index (χ4n) is 2.84. The molecule has 6 nitrogen and oxygen atoms in total. The van der Waals surface area contributed by atoms with Crippen molar-refractivity contribution in [1.29, 1.82) is 0 Å². The van der Waals surface area contributed by atoms with Crippen LogP contribution in [-0.2, 0) is 6.54 Å². The molecular weight excluding hydrogens is 268 g/mol. The summed E-state index contributed by atoms with van der Waals surface area (Å²) in [4.78, 5) is 14.1. The van der Waals surface area contributed by atoms with Crippen LogP contribution in [0.25, 0.3) is 0 Å². The second kappa shape index (κ2) is 6.05. The van der Waals surface area contributed by atoms with Gasteiger partial charge in [0, 0.05) is 19.3 Å². The van der Waals surface area contributed by atoms with Crippen LogP contribution in [0.2, 0.25) is 0 Å². The Balaban J connectivity index is 1.99. The third kappa shape index (κ3) is 3.97. The zero-order valence-electron chi connectivity index (χ0n) is 13.3. The van der Waals surface area contributed by atoms with Crippen LogP contribution in [0.15, 0.2) is 12.4 Å². The van der Waals surface area contributed by atoms with Crippen molar-refractivity contribution in [2.75, 3.05) is 11.9 Å². The minimum atomic E-state index is -0.879. The smallest absolute Gasteiger partial charge is 0.322 e. The van der Waals surface area contributed by atoms with Crippen molar-refractivity contribution in [3.8, 4) is 0 Å². The van der Waals surface area contributed by atoms with Crippen molar-refractivity contribution < 1.29 is 9.90 Å². The summed E-state index contributed by atoms with van der Waals surface area (Å²) in [6, 6.07) is -0.299. The van der Waals surface area contributed by atoms with Crippen molar-refractivity contribution in [1.82, 2.24) is 14.7 Å². The Kier molecular flexibility index (Phi) is 4.56. The maximum absolute atomic E-state index is 12.4. The molecule has 2 N–H and O–H groups in total.